The van der Waals surface area contributed by atoms with Crippen LogP contribution in [-0.2, 0) is 6.61 Å². The molecule has 3 aromatic carbocycles. The van der Waals surface area contributed by atoms with Crippen LogP contribution in [0, 0.1) is 25.2 Å². The number of aromatic carboxylic acids is 1. The molecule has 0 unspecified atom stereocenters. The first-order valence-electron chi connectivity index (χ1n) is 11.0. The van der Waals surface area contributed by atoms with Crippen LogP contribution in [0.25, 0.3) is 17.3 Å². The number of carbonyl (C=O) groups is 1. The molecule has 4 rings (SSSR count). The number of aromatic nitrogens is 1. The minimum Gasteiger partial charge on any atom is -0.489 e. The molecule has 0 fully saturated rings. The summed E-state index contributed by atoms with van der Waals surface area (Å²) in [4.78, 5) is 11.1. The monoisotopic (exact) mass is 482 g/mol. The maximum absolute atomic E-state index is 11.1. The Morgan fingerprint density at radius 2 is 1.69 bits per heavy atom. The highest BCUT2D eigenvalue weighted by Gasteiger charge is 2.12. The normalized spacial score (nSPS) is 11.2. The zero-order valence-electron chi connectivity index (χ0n) is 19.3. The van der Waals surface area contributed by atoms with Gasteiger partial charge in [0, 0.05) is 27.7 Å². The topological polar surface area (TPSA) is 75.3 Å². The average molecular weight is 483 g/mol. The number of ether oxygens (including phenoxy) is 1. The van der Waals surface area contributed by atoms with Crippen LogP contribution in [-0.4, -0.2) is 15.6 Å². The summed E-state index contributed by atoms with van der Waals surface area (Å²) in [6.45, 7) is 4.41. The summed E-state index contributed by atoms with van der Waals surface area (Å²) in [5.41, 5.74) is 6.16. The van der Waals surface area contributed by atoms with Crippen molar-refractivity contribution in [2.75, 3.05) is 0 Å². The van der Waals surface area contributed by atoms with Crippen molar-refractivity contribution in [3.05, 3.63) is 118 Å². The van der Waals surface area contributed by atoms with Gasteiger partial charge >= 0.3 is 5.97 Å². The van der Waals surface area contributed by atoms with Gasteiger partial charge in [0.1, 0.15) is 12.4 Å². The maximum Gasteiger partial charge on any atom is 0.335 e. The molecule has 1 heterocycles. The van der Waals surface area contributed by atoms with Gasteiger partial charge in [-0.2, -0.15) is 5.26 Å². The van der Waals surface area contributed by atoms with Gasteiger partial charge < -0.3 is 14.4 Å². The highest BCUT2D eigenvalue weighted by atomic mass is 35.5. The maximum atomic E-state index is 11.1. The van der Waals surface area contributed by atoms with E-state index in [4.69, 9.17) is 21.4 Å². The molecular formula is C29H23ClN2O3. The first-order chi connectivity index (χ1) is 16.9. The number of rotatable bonds is 7. The zero-order valence-corrected chi connectivity index (χ0v) is 20.1. The lowest BCUT2D eigenvalue weighted by Gasteiger charge is -2.12. The average Bonchev–Trinajstić information content (AvgIpc) is 3.15. The Kier molecular flexibility index (Phi) is 7.05. The molecule has 0 saturated carbocycles. The van der Waals surface area contributed by atoms with Gasteiger partial charge in [0.25, 0.3) is 0 Å². The van der Waals surface area contributed by atoms with Crippen molar-refractivity contribution in [3.63, 3.8) is 0 Å². The fourth-order valence-electron chi connectivity index (χ4n) is 3.93. The fraction of sp³-hybridized carbons (Fsp3) is 0.103. The lowest BCUT2D eigenvalue weighted by atomic mass is 10.0. The lowest BCUT2D eigenvalue weighted by molar-refractivity contribution is 0.0697. The number of carboxylic acids is 1. The first kappa shape index (κ1) is 23.9. The van der Waals surface area contributed by atoms with Crippen LogP contribution >= 0.6 is 11.6 Å². The van der Waals surface area contributed by atoms with Gasteiger partial charge in [-0.05, 0) is 79.6 Å². The summed E-state index contributed by atoms with van der Waals surface area (Å²) in [6.07, 6.45) is 1.83. The Bertz CT molecular complexity index is 1440. The highest BCUT2D eigenvalue weighted by molar-refractivity contribution is 6.31. The SMILES string of the molecule is Cc1cc(/C=C(/C#N)c2ccc(C(=O)O)cc2)c(C)n1-c1ccc(OCc2ccccc2Cl)cc1. The van der Waals surface area contributed by atoms with E-state index in [1.165, 1.54) is 12.1 Å². The lowest BCUT2D eigenvalue weighted by Crippen LogP contribution is -2.00. The van der Waals surface area contributed by atoms with E-state index in [9.17, 15) is 10.1 Å². The van der Waals surface area contributed by atoms with Crippen molar-refractivity contribution in [2.24, 2.45) is 0 Å². The molecule has 1 N–H and O–H groups in total. The Morgan fingerprint density at radius 1 is 1.03 bits per heavy atom. The number of aryl methyl sites for hydroxylation is 1. The molecule has 35 heavy (non-hydrogen) atoms. The van der Waals surface area contributed by atoms with Crippen molar-refractivity contribution in [2.45, 2.75) is 20.5 Å². The molecule has 4 aromatic rings. The summed E-state index contributed by atoms with van der Waals surface area (Å²) in [5.74, 6) is -0.254. The summed E-state index contributed by atoms with van der Waals surface area (Å²) >= 11 is 6.21. The fourth-order valence-corrected chi connectivity index (χ4v) is 4.12. The third kappa shape index (κ3) is 5.29. The molecule has 0 aliphatic rings. The van der Waals surface area contributed by atoms with Crippen LogP contribution < -0.4 is 4.74 Å². The van der Waals surface area contributed by atoms with Crippen LogP contribution in [0.2, 0.25) is 5.02 Å². The minimum atomic E-state index is -0.997. The molecule has 5 nitrogen and oxygen atoms in total. The molecule has 1 aromatic heterocycles. The van der Waals surface area contributed by atoms with Crippen LogP contribution in [0.1, 0.15) is 38.4 Å². The van der Waals surface area contributed by atoms with Gasteiger partial charge in [-0.15, -0.1) is 0 Å². The molecule has 0 bridgehead atoms. The molecule has 0 spiro atoms. The second-order valence-corrected chi connectivity index (χ2v) is 8.50. The zero-order chi connectivity index (χ0) is 24.9. The Morgan fingerprint density at radius 3 is 2.31 bits per heavy atom. The Balaban J connectivity index is 1.56. The second kappa shape index (κ2) is 10.3. The predicted octanol–water partition coefficient (Wildman–Crippen LogP) is 7.09. The molecule has 0 aliphatic carbocycles. The molecular weight excluding hydrogens is 460 g/mol. The van der Waals surface area contributed by atoms with Crippen LogP contribution in [0.15, 0.2) is 78.9 Å². The van der Waals surface area contributed by atoms with E-state index in [0.717, 1.165) is 34.0 Å². The standard InChI is InChI=1S/C29H23ClN2O3/c1-19-15-24(16-25(17-31)21-7-9-22(10-8-21)29(33)34)20(2)32(19)26-11-13-27(14-12-26)35-18-23-5-3-4-6-28(23)30/h3-16H,18H2,1-2H3,(H,33,34)/b25-16-. The minimum absolute atomic E-state index is 0.184. The van der Waals surface area contributed by atoms with E-state index in [2.05, 4.69) is 10.6 Å². The third-order valence-corrected chi connectivity index (χ3v) is 6.15. The number of nitriles is 1. The Labute approximate surface area is 209 Å². The largest absolute Gasteiger partial charge is 0.489 e. The number of benzene rings is 3. The summed E-state index contributed by atoms with van der Waals surface area (Å²) in [7, 11) is 0. The summed E-state index contributed by atoms with van der Waals surface area (Å²) < 4.78 is 8.01. The predicted molar refractivity (Wildman–Crippen MR) is 138 cm³/mol. The molecule has 0 amide bonds. The Hall–Kier alpha value is -4.27. The number of allylic oxidation sites excluding steroid dienone is 1. The molecule has 0 radical (unpaired) electrons. The number of carboxylic acid groups (broad SMARTS) is 1. The van der Waals surface area contributed by atoms with E-state index in [1.807, 2.05) is 74.5 Å². The number of nitrogens with zero attached hydrogens (tertiary/aromatic N) is 2. The third-order valence-electron chi connectivity index (χ3n) is 5.78. The number of hydrogen-bond donors (Lipinski definition) is 1. The smallest absolute Gasteiger partial charge is 0.335 e. The van der Waals surface area contributed by atoms with E-state index in [0.29, 0.717) is 22.8 Å². The quantitative estimate of drug-likeness (QED) is 0.285. The van der Waals surface area contributed by atoms with Crippen molar-refractivity contribution >= 4 is 29.2 Å². The van der Waals surface area contributed by atoms with Gasteiger partial charge in [-0.1, -0.05) is 41.9 Å². The van der Waals surface area contributed by atoms with E-state index in [1.54, 1.807) is 12.1 Å². The number of hydrogen-bond acceptors (Lipinski definition) is 3. The van der Waals surface area contributed by atoms with Gasteiger partial charge in [0.2, 0.25) is 0 Å². The molecule has 0 saturated heterocycles. The van der Waals surface area contributed by atoms with E-state index in [-0.39, 0.29) is 5.56 Å². The van der Waals surface area contributed by atoms with Gasteiger partial charge in [0.05, 0.1) is 17.2 Å². The molecule has 0 aliphatic heterocycles. The first-order valence-corrected chi connectivity index (χ1v) is 11.4. The van der Waals surface area contributed by atoms with Crippen molar-refractivity contribution in [1.29, 1.82) is 5.26 Å². The van der Waals surface area contributed by atoms with Gasteiger partial charge in [0.15, 0.2) is 0 Å². The summed E-state index contributed by atoms with van der Waals surface area (Å²) in [6, 6.07) is 26.0. The van der Waals surface area contributed by atoms with Crippen molar-refractivity contribution in [3.8, 4) is 17.5 Å². The van der Waals surface area contributed by atoms with E-state index < -0.39 is 5.97 Å². The van der Waals surface area contributed by atoms with Crippen LogP contribution in [0.3, 0.4) is 0 Å². The van der Waals surface area contributed by atoms with Crippen molar-refractivity contribution in [1.82, 2.24) is 4.57 Å². The van der Waals surface area contributed by atoms with Gasteiger partial charge in [-0.3, -0.25) is 0 Å². The molecule has 6 heteroatoms. The second-order valence-electron chi connectivity index (χ2n) is 8.09. The molecule has 0 atom stereocenters. The highest BCUT2D eigenvalue weighted by Crippen LogP contribution is 2.27. The number of halogens is 1. The van der Waals surface area contributed by atoms with Crippen LogP contribution in [0.5, 0.6) is 5.75 Å². The van der Waals surface area contributed by atoms with Crippen molar-refractivity contribution < 1.29 is 14.6 Å². The van der Waals surface area contributed by atoms with E-state index >= 15 is 0 Å². The molecule has 174 valence electrons. The van der Waals surface area contributed by atoms with Gasteiger partial charge in [-0.25, -0.2) is 4.79 Å². The summed E-state index contributed by atoms with van der Waals surface area (Å²) in [5, 5.41) is 19.5. The van der Waals surface area contributed by atoms with Crippen LogP contribution in [0.4, 0.5) is 0 Å².